The Labute approximate surface area is 113 Å². The highest BCUT2D eigenvalue weighted by Crippen LogP contribution is 2.23. The number of rotatable bonds is 5. The van der Waals surface area contributed by atoms with Gasteiger partial charge >= 0.3 is 0 Å². The van der Waals surface area contributed by atoms with Gasteiger partial charge in [0.15, 0.2) is 0 Å². The van der Waals surface area contributed by atoms with Crippen LogP contribution in [0.2, 0.25) is 0 Å². The number of likely N-dealkylation sites (N-methyl/N-ethyl adjacent to an activating group) is 1. The Kier molecular flexibility index (Phi) is 4.50. The van der Waals surface area contributed by atoms with E-state index < -0.39 is 0 Å². The van der Waals surface area contributed by atoms with E-state index in [9.17, 15) is 0 Å². The molecular weight excluding hydrogens is 240 g/mol. The Morgan fingerprint density at radius 2 is 1.94 bits per heavy atom. The van der Waals surface area contributed by atoms with Crippen LogP contribution < -0.4 is 5.32 Å². The second kappa shape index (κ2) is 6.12. The second-order valence-corrected chi connectivity index (χ2v) is 5.78. The lowest BCUT2D eigenvalue weighted by Crippen LogP contribution is -2.32. The van der Waals surface area contributed by atoms with Gasteiger partial charge in [-0.25, -0.2) is 4.98 Å². The summed E-state index contributed by atoms with van der Waals surface area (Å²) < 4.78 is 0. The standard InChI is InChI=1S/C15H20N2S/c1-11(2)13(16-3)9-15-17-14(10-18-15)12-7-5-4-6-8-12/h4-8,10-11,13,16H,9H2,1-3H3. The van der Waals surface area contributed by atoms with E-state index in [-0.39, 0.29) is 0 Å². The Morgan fingerprint density at radius 1 is 1.22 bits per heavy atom. The monoisotopic (exact) mass is 260 g/mol. The topological polar surface area (TPSA) is 24.9 Å². The third-order valence-corrected chi connectivity index (χ3v) is 4.06. The lowest BCUT2D eigenvalue weighted by Gasteiger charge is -2.18. The van der Waals surface area contributed by atoms with Crippen molar-refractivity contribution in [3.63, 3.8) is 0 Å². The van der Waals surface area contributed by atoms with Crippen LogP contribution >= 0.6 is 11.3 Å². The van der Waals surface area contributed by atoms with Gasteiger partial charge in [0.1, 0.15) is 0 Å². The largest absolute Gasteiger partial charge is 0.316 e. The summed E-state index contributed by atoms with van der Waals surface area (Å²) in [7, 11) is 2.02. The number of nitrogens with one attached hydrogen (secondary N) is 1. The third kappa shape index (κ3) is 3.18. The molecule has 0 fully saturated rings. The van der Waals surface area contributed by atoms with Gasteiger partial charge in [-0.3, -0.25) is 0 Å². The maximum Gasteiger partial charge on any atom is 0.0948 e. The molecule has 1 aromatic heterocycles. The van der Waals surface area contributed by atoms with Crippen molar-refractivity contribution in [2.24, 2.45) is 5.92 Å². The van der Waals surface area contributed by atoms with Gasteiger partial charge in [0.05, 0.1) is 10.7 Å². The van der Waals surface area contributed by atoms with Crippen LogP contribution in [0.3, 0.4) is 0 Å². The summed E-state index contributed by atoms with van der Waals surface area (Å²) >= 11 is 1.75. The number of thiazole rings is 1. The fourth-order valence-corrected chi connectivity index (χ4v) is 2.87. The minimum Gasteiger partial charge on any atom is -0.316 e. The van der Waals surface area contributed by atoms with Crippen LogP contribution in [-0.2, 0) is 6.42 Å². The van der Waals surface area contributed by atoms with Crippen LogP contribution in [0.4, 0.5) is 0 Å². The molecule has 3 heteroatoms. The van der Waals surface area contributed by atoms with E-state index in [4.69, 9.17) is 4.98 Å². The predicted molar refractivity (Wildman–Crippen MR) is 78.9 cm³/mol. The van der Waals surface area contributed by atoms with Crippen LogP contribution in [0.25, 0.3) is 11.3 Å². The first kappa shape index (κ1) is 13.2. The zero-order valence-corrected chi connectivity index (χ0v) is 12.0. The molecule has 1 N–H and O–H groups in total. The molecule has 2 aromatic rings. The number of hydrogen-bond donors (Lipinski definition) is 1. The highest BCUT2D eigenvalue weighted by molar-refractivity contribution is 7.09. The summed E-state index contributed by atoms with van der Waals surface area (Å²) in [5.41, 5.74) is 2.29. The molecule has 2 nitrogen and oxygen atoms in total. The fourth-order valence-electron chi connectivity index (χ4n) is 2.01. The van der Waals surface area contributed by atoms with E-state index in [0.29, 0.717) is 12.0 Å². The summed E-state index contributed by atoms with van der Waals surface area (Å²) in [6.07, 6.45) is 1.01. The molecule has 0 amide bonds. The molecule has 1 atom stereocenters. The normalized spacial score (nSPS) is 12.9. The molecule has 18 heavy (non-hydrogen) atoms. The summed E-state index contributed by atoms with van der Waals surface area (Å²) in [6, 6.07) is 10.9. The highest BCUT2D eigenvalue weighted by Gasteiger charge is 2.14. The van der Waals surface area contributed by atoms with Gasteiger partial charge in [-0.05, 0) is 13.0 Å². The molecule has 1 aromatic carbocycles. The van der Waals surface area contributed by atoms with Crippen LogP contribution in [0.5, 0.6) is 0 Å². The van der Waals surface area contributed by atoms with Gasteiger partial charge < -0.3 is 5.32 Å². The van der Waals surface area contributed by atoms with Crippen molar-refractivity contribution >= 4 is 11.3 Å². The molecular formula is C15H20N2S. The minimum absolute atomic E-state index is 0.500. The second-order valence-electron chi connectivity index (χ2n) is 4.84. The van der Waals surface area contributed by atoms with Crippen molar-refractivity contribution in [1.29, 1.82) is 0 Å². The first-order chi connectivity index (χ1) is 8.70. The molecule has 0 spiro atoms. The molecule has 0 saturated carbocycles. The van der Waals surface area contributed by atoms with Crippen LogP contribution in [0.1, 0.15) is 18.9 Å². The van der Waals surface area contributed by atoms with E-state index >= 15 is 0 Å². The smallest absolute Gasteiger partial charge is 0.0948 e. The first-order valence-corrected chi connectivity index (χ1v) is 7.25. The van der Waals surface area contributed by atoms with Gasteiger partial charge in [-0.1, -0.05) is 44.2 Å². The van der Waals surface area contributed by atoms with E-state index in [1.54, 1.807) is 11.3 Å². The predicted octanol–water partition coefficient (Wildman–Crippen LogP) is 3.60. The average Bonchev–Trinajstić information content (AvgIpc) is 2.85. The molecule has 0 bridgehead atoms. The summed E-state index contributed by atoms with van der Waals surface area (Å²) in [4.78, 5) is 4.73. The number of nitrogens with zero attached hydrogens (tertiary/aromatic N) is 1. The maximum atomic E-state index is 4.73. The van der Waals surface area contributed by atoms with Crippen LogP contribution in [0, 0.1) is 5.92 Å². The van der Waals surface area contributed by atoms with Crippen molar-refractivity contribution in [2.75, 3.05) is 7.05 Å². The zero-order chi connectivity index (χ0) is 13.0. The Balaban J connectivity index is 2.11. The van der Waals surface area contributed by atoms with Crippen molar-refractivity contribution in [3.05, 3.63) is 40.7 Å². The molecule has 1 unspecified atom stereocenters. The van der Waals surface area contributed by atoms with Gasteiger partial charge in [0, 0.05) is 23.4 Å². The van der Waals surface area contributed by atoms with Gasteiger partial charge in [0.25, 0.3) is 0 Å². The Morgan fingerprint density at radius 3 is 2.56 bits per heavy atom. The first-order valence-electron chi connectivity index (χ1n) is 6.37. The molecule has 96 valence electrons. The lowest BCUT2D eigenvalue weighted by molar-refractivity contribution is 0.424. The summed E-state index contributed by atoms with van der Waals surface area (Å²) in [5.74, 6) is 0.624. The fraction of sp³-hybridized carbons (Fsp3) is 0.400. The Hall–Kier alpha value is -1.19. The summed E-state index contributed by atoms with van der Waals surface area (Å²) in [5, 5.41) is 6.73. The van der Waals surface area contributed by atoms with Gasteiger partial charge in [0.2, 0.25) is 0 Å². The molecule has 0 aliphatic carbocycles. The molecule has 0 aliphatic heterocycles. The summed E-state index contributed by atoms with van der Waals surface area (Å²) in [6.45, 7) is 4.49. The maximum absolute atomic E-state index is 4.73. The molecule has 2 rings (SSSR count). The quantitative estimate of drug-likeness (QED) is 0.888. The van der Waals surface area contributed by atoms with E-state index in [0.717, 1.165) is 12.1 Å². The SMILES string of the molecule is CNC(Cc1nc(-c2ccccc2)cs1)C(C)C. The van der Waals surface area contributed by atoms with Gasteiger partial charge in [-0.15, -0.1) is 11.3 Å². The Bertz CT molecular complexity index is 476. The minimum atomic E-state index is 0.500. The number of aromatic nitrogens is 1. The van der Waals surface area contributed by atoms with Crippen molar-refractivity contribution < 1.29 is 0 Å². The van der Waals surface area contributed by atoms with Crippen LogP contribution in [0.15, 0.2) is 35.7 Å². The lowest BCUT2D eigenvalue weighted by atomic mass is 10.0. The van der Waals surface area contributed by atoms with Crippen molar-refractivity contribution in [3.8, 4) is 11.3 Å². The number of benzene rings is 1. The molecule has 0 aliphatic rings. The van der Waals surface area contributed by atoms with Crippen molar-refractivity contribution in [1.82, 2.24) is 10.3 Å². The molecule has 1 heterocycles. The van der Waals surface area contributed by atoms with E-state index in [1.165, 1.54) is 10.6 Å². The van der Waals surface area contributed by atoms with E-state index in [2.05, 4.69) is 48.8 Å². The average molecular weight is 260 g/mol. The van der Waals surface area contributed by atoms with Gasteiger partial charge in [-0.2, -0.15) is 0 Å². The third-order valence-electron chi connectivity index (χ3n) is 3.19. The molecule has 0 radical (unpaired) electrons. The highest BCUT2D eigenvalue weighted by atomic mass is 32.1. The zero-order valence-electron chi connectivity index (χ0n) is 11.2. The van der Waals surface area contributed by atoms with Crippen molar-refractivity contribution in [2.45, 2.75) is 26.3 Å². The molecule has 0 saturated heterocycles. The number of hydrogen-bond acceptors (Lipinski definition) is 3. The van der Waals surface area contributed by atoms with E-state index in [1.807, 2.05) is 13.1 Å². The van der Waals surface area contributed by atoms with Crippen LogP contribution in [-0.4, -0.2) is 18.1 Å².